The minimum atomic E-state index is -0.387. The van der Waals surface area contributed by atoms with Gasteiger partial charge in [-0.15, -0.1) is 0 Å². The number of fused-ring (bicyclic) bond motifs is 1. The van der Waals surface area contributed by atoms with Crippen LogP contribution in [-0.4, -0.2) is 47.3 Å². The molecule has 4 aromatic rings. The summed E-state index contributed by atoms with van der Waals surface area (Å²) in [6, 6.07) is 17.0. The molecule has 1 aliphatic rings. The number of rotatable bonds is 5. The maximum absolute atomic E-state index is 13.8. The third kappa shape index (κ3) is 4.29. The number of aryl methyl sites for hydroxylation is 1. The van der Waals surface area contributed by atoms with Crippen molar-refractivity contribution in [2.45, 2.75) is 20.0 Å². The number of furan rings is 1. The Balaban J connectivity index is 1.76. The molecule has 0 amide bonds. The minimum Gasteiger partial charge on any atom is -0.464 e. The van der Waals surface area contributed by atoms with E-state index < -0.39 is 0 Å². The van der Waals surface area contributed by atoms with Crippen LogP contribution in [0.25, 0.3) is 10.9 Å². The van der Waals surface area contributed by atoms with Crippen LogP contribution in [0.15, 0.2) is 68.6 Å². The number of aromatic nitrogens is 2. The van der Waals surface area contributed by atoms with Crippen molar-refractivity contribution in [3.63, 3.8) is 0 Å². The maximum atomic E-state index is 13.8. The predicted molar refractivity (Wildman–Crippen MR) is 135 cm³/mol. The lowest BCUT2D eigenvalue weighted by molar-refractivity contribution is 0.313. The van der Waals surface area contributed by atoms with Gasteiger partial charge in [-0.05, 0) is 43.8 Å². The van der Waals surface area contributed by atoms with Crippen LogP contribution in [-0.2, 0) is 13.1 Å². The van der Waals surface area contributed by atoms with Crippen molar-refractivity contribution in [1.82, 2.24) is 14.0 Å². The minimum absolute atomic E-state index is 0.0705. The molecular weight excluding hydrogens is 452 g/mol. The Morgan fingerprint density at radius 1 is 0.912 bits per heavy atom. The lowest BCUT2D eigenvalue weighted by atomic mass is 10.1. The van der Waals surface area contributed by atoms with Crippen LogP contribution in [0.4, 0.5) is 5.69 Å². The molecule has 0 saturated carbocycles. The summed E-state index contributed by atoms with van der Waals surface area (Å²) < 4.78 is 8.62. The van der Waals surface area contributed by atoms with E-state index in [1.54, 1.807) is 16.7 Å². The van der Waals surface area contributed by atoms with E-state index in [1.807, 2.05) is 49.4 Å². The fourth-order valence-corrected chi connectivity index (χ4v) is 4.77. The van der Waals surface area contributed by atoms with E-state index in [1.165, 1.54) is 4.57 Å². The van der Waals surface area contributed by atoms with Gasteiger partial charge >= 0.3 is 5.69 Å². The zero-order valence-electron chi connectivity index (χ0n) is 19.3. The Kier molecular flexibility index (Phi) is 6.06. The third-order valence-corrected chi connectivity index (χ3v) is 6.63. The van der Waals surface area contributed by atoms with Gasteiger partial charge in [-0.3, -0.25) is 13.9 Å². The van der Waals surface area contributed by atoms with E-state index in [-0.39, 0.29) is 17.8 Å². The molecule has 176 valence electrons. The fourth-order valence-electron chi connectivity index (χ4n) is 4.56. The molecule has 1 saturated heterocycles. The van der Waals surface area contributed by atoms with Crippen LogP contribution in [0.1, 0.15) is 17.1 Å². The molecule has 1 fully saturated rings. The van der Waals surface area contributed by atoms with E-state index in [9.17, 15) is 9.59 Å². The second kappa shape index (κ2) is 9.16. The van der Waals surface area contributed by atoms with Gasteiger partial charge in [0.05, 0.1) is 29.7 Å². The molecule has 3 heterocycles. The zero-order valence-corrected chi connectivity index (χ0v) is 20.1. The monoisotopic (exact) mass is 478 g/mol. The number of halogens is 1. The molecule has 2 aromatic carbocycles. The second-order valence-electron chi connectivity index (χ2n) is 8.87. The third-order valence-electron chi connectivity index (χ3n) is 6.41. The van der Waals surface area contributed by atoms with Gasteiger partial charge in [0.25, 0.3) is 5.56 Å². The van der Waals surface area contributed by atoms with Crippen molar-refractivity contribution in [2.24, 2.45) is 0 Å². The largest absolute Gasteiger partial charge is 0.464 e. The highest BCUT2D eigenvalue weighted by molar-refractivity contribution is 6.31. The van der Waals surface area contributed by atoms with Gasteiger partial charge in [-0.2, -0.15) is 0 Å². The first-order valence-electron chi connectivity index (χ1n) is 11.4. The van der Waals surface area contributed by atoms with Crippen LogP contribution >= 0.6 is 11.6 Å². The lowest BCUT2D eigenvalue weighted by Gasteiger charge is -2.34. The van der Waals surface area contributed by atoms with Crippen LogP contribution < -0.4 is 16.1 Å². The van der Waals surface area contributed by atoms with Crippen molar-refractivity contribution in [2.75, 3.05) is 38.1 Å². The topological polar surface area (TPSA) is 63.6 Å². The molecular formula is C26H27ClN4O3. The summed E-state index contributed by atoms with van der Waals surface area (Å²) in [5.74, 6) is 1.30. The van der Waals surface area contributed by atoms with Crippen molar-refractivity contribution in [3.05, 3.63) is 97.5 Å². The SMILES string of the molecule is Cc1ccc(Cn2c(=O)c3c(N4CCN(C)CC4)cc(Cl)cc3n(Cc3ccccc3)c2=O)o1. The van der Waals surface area contributed by atoms with Crippen LogP contribution in [0.2, 0.25) is 5.02 Å². The average Bonchev–Trinajstić information content (AvgIpc) is 3.24. The summed E-state index contributed by atoms with van der Waals surface area (Å²) >= 11 is 6.55. The van der Waals surface area contributed by atoms with E-state index in [0.717, 1.165) is 43.2 Å². The van der Waals surface area contributed by atoms with Gasteiger partial charge in [0.2, 0.25) is 0 Å². The number of anilines is 1. The first-order valence-corrected chi connectivity index (χ1v) is 11.8. The molecule has 0 radical (unpaired) electrons. The molecule has 7 nitrogen and oxygen atoms in total. The van der Waals surface area contributed by atoms with Gasteiger partial charge in [0.1, 0.15) is 11.5 Å². The summed E-state index contributed by atoms with van der Waals surface area (Å²) in [6.07, 6.45) is 0. The average molecular weight is 479 g/mol. The molecule has 1 aliphatic heterocycles. The summed E-state index contributed by atoms with van der Waals surface area (Å²) in [6.45, 7) is 5.57. The maximum Gasteiger partial charge on any atom is 0.332 e. The van der Waals surface area contributed by atoms with Gasteiger partial charge < -0.3 is 14.2 Å². The second-order valence-corrected chi connectivity index (χ2v) is 9.30. The summed E-state index contributed by atoms with van der Waals surface area (Å²) in [5.41, 5.74) is 1.57. The molecule has 0 unspecified atom stereocenters. The number of hydrogen-bond donors (Lipinski definition) is 0. The number of piperazine rings is 1. The van der Waals surface area contributed by atoms with Crippen molar-refractivity contribution in [1.29, 1.82) is 0 Å². The van der Waals surface area contributed by atoms with Crippen molar-refractivity contribution in [3.8, 4) is 0 Å². The van der Waals surface area contributed by atoms with Gasteiger partial charge in [-0.1, -0.05) is 41.9 Å². The highest BCUT2D eigenvalue weighted by Gasteiger charge is 2.23. The Labute approximate surface area is 202 Å². The smallest absolute Gasteiger partial charge is 0.332 e. The molecule has 2 aromatic heterocycles. The van der Waals surface area contributed by atoms with Gasteiger partial charge in [-0.25, -0.2) is 4.79 Å². The summed E-state index contributed by atoms with van der Waals surface area (Å²) in [5, 5.41) is 1.01. The number of hydrogen-bond acceptors (Lipinski definition) is 5. The number of likely N-dealkylation sites (N-methyl/N-ethyl adjacent to an activating group) is 1. The highest BCUT2D eigenvalue weighted by atomic mass is 35.5. The van der Waals surface area contributed by atoms with Crippen LogP contribution in [0, 0.1) is 6.92 Å². The van der Waals surface area contributed by atoms with Crippen LogP contribution in [0.3, 0.4) is 0 Å². The van der Waals surface area contributed by atoms with Gasteiger partial charge in [0, 0.05) is 31.2 Å². The first-order chi connectivity index (χ1) is 16.4. The Bertz CT molecular complexity index is 1450. The standard InChI is InChI=1S/C26H27ClN4O3/c1-18-8-9-21(34-18)17-31-25(32)24-22(29-12-10-28(2)11-13-29)14-20(27)15-23(24)30(26(31)33)16-19-6-4-3-5-7-19/h3-9,14-15H,10-13,16-17H2,1-2H3. The molecule has 0 spiro atoms. The van der Waals surface area contributed by atoms with E-state index in [0.29, 0.717) is 28.2 Å². The fraction of sp³-hybridized carbons (Fsp3) is 0.308. The lowest BCUT2D eigenvalue weighted by Crippen LogP contribution is -2.46. The Morgan fingerprint density at radius 3 is 2.32 bits per heavy atom. The molecule has 0 N–H and O–H groups in total. The molecule has 5 rings (SSSR count). The Hall–Kier alpha value is -3.29. The van der Waals surface area contributed by atoms with Crippen molar-refractivity contribution >= 4 is 28.2 Å². The highest BCUT2D eigenvalue weighted by Crippen LogP contribution is 2.29. The zero-order chi connectivity index (χ0) is 23.8. The van der Waals surface area contributed by atoms with Crippen LogP contribution in [0.5, 0.6) is 0 Å². The van der Waals surface area contributed by atoms with E-state index >= 15 is 0 Å². The number of benzene rings is 2. The Morgan fingerprint density at radius 2 is 1.65 bits per heavy atom. The molecule has 0 atom stereocenters. The van der Waals surface area contributed by atoms with Gasteiger partial charge in [0.15, 0.2) is 0 Å². The first kappa shape index (κ1) is 22.5. The molecule has 0 bridgehead atoms. The van der Waals surface area contributed by atoms with Crippen molar-refractivity contribution < 1.29 is 4.42 Å². The summed E-state index contributed by atoms with van der Waals surface area (Å²) in [4.78, 5) is 32.0. The quantitative estimate of drug-likeness (QED) is 0.439. The molecule has 0 aliphatic carbocycles. The summed E-state index contributed by atoms with van der Waals surface area (Å²) in [7, 11) is 2.09. The van der Waals surface area contributed by atoms with E-state index in [4.69, 9.17) is 16.0 Å². The molecule has 8 heteroatoms. The van der Waals surface area contributed by atoms with E-state index in [2.05, 4.69) is 16.8 Å². The number of nitrogens with zero attached hydrogens (tertiary/aromatic N) is 4. The predicted octanol–water partition coefficient (Wildman–Crippen LogP) is 3.57. The molecule has 34 heavy (non-hydrogen) atoms. The normalized spacial score (nSPS) is 14.7.